The number of carboxylic acids is 1. The molecule has 1 aliphatic rings. The van der Waals surface area contributed by atoms with Crippen molar-refractivity contribution in [3.63, 3.8) is 0 Å². The van der Waals surface area contributed by atoms with Crippen molar-refractivity contribution in [2.75, 3.05) is 13.1 Å². The monoisotopic (exact) mass is 603 g/mol. The maximum Gasteiger partial charge on any atom is 0.305 e. The molecule has 0 bridgehead atoms. The number of carbonyl (C=O) groups excluding carboxylic acids is 3. The Morgan fingerprint density at radius 2 is 1.54 bits per heavy atom. The average Bonchev–Trinajstić information content (AvgIpc) is 2.94. The van der Waals surface area contributed by atoms with Gasteiger partial charge in [-0.1, -0.05) is 53.0 Å². The first-order valence-corrected chi connectivity index (χ1v) is 13.3. The molecule has 3 aromatic carbocycles. The van der Waals surface area contributed by atoms with Crippen molar-refractivity contribution in [1.29, 1.82) is 0 Å². The van der Waals surface area contributed by atoms with Crippen LogP contribution in [-0.4, -0.2) is 57.9 Å². The Morgan fingerprint density at radius 3 is 2.12 bits per heavy atom. The van der Waals surface area contributed by atoms with E-state index in [4.69, 9.17) is 23.2 Å². The number of nitrogens with zero attached hydrogens (tertiary/aromatic N) is 2. The van der Waals surface area contributed by atoms with Crippen LogP contribution in [0.5, 0.6) is 0 Å². The molecule has 0 spiro atoms. The van der Waals surface area contributed by atoms with Crippen LogP contribution in [0.3, 0.4) is 0 Å². The van der Waals surface area contributed by atoms with Crippen molar-refractivity contribution in [1.82, 2.24) is 15.1 Å². The summed E-state index contributed by atoms with van der Waals surface area (Å²) in [6.07, 6.45) is -1.75. The van der Waals surface area contributed by atoms with Crippen LogP contribution in [0, 0.1) is 18.6 Å². The van der Waals surface area contributed by atoms with E-state index in [1.165, 1.54) is 18.2 Å². The SMILES string of the molecule is Cc1cccc(C(CC(=O)O)NC(=O)C2N(C(=O)c3ccc(F)c(F)c3)CCCN2C(=O)c2ccc(Cl)c(Cl)c2)c1. The van der Waals surface area contributed by atoms with E-state index >= 15 is 0 Å². The maximum absolute atomic E-state index is 14.0. The van der Waals surface area contributed by atoms with Crippen LogP contribution in [0.25, 0.3) is 0 Å². The first kappa shape index (κ1) is 30.0. The number of hydrogen-bond acceptors (Lipinski definition) is 4. The highest BCUT2D eigenvalue weighted by Crippen LogP contribution is 2.27. The Kier molecular flexibility index (Phi) is 9.25. The summed E-state index contributed by atoms with van der Waals surface area (Å²) < 4.78 is 27.6. The lowest BCUT2D eigenvalue weighted by Gasteiger charge is -2.43. The lowest BCUT2D eigenvalue weighted by molar-refractivity contribution is -0.138. The summed E-state index contributed by atoms with van der Waals surface area (Å²) in [6, 6.07) is 12.7. The molecule has 12 heteroatoms. The molecule has 2 atom stereocenters. The third kappa shape index (κ3) is 6.83. The van der Waals surface area contributed by atoms with E-state index in [0.29, 0.717) is 11.6 Å². The summed E-state index contributed by atoms with van der Waals surface area (Å²) in [5, 5.41) is 12.5. The second-order valence-electron chi connectivity index (χ2n) is 9.56. The third-order valence-electron chi connectivity index (χ3n) is 6.62. The van der Waals surface area contributed by atoms with Crippen molar-refractivity contribution in [3.8, 4) is 0 Å². The van der Waals surface area contributed by atoms with Gasteiger partial charge in [0.25, 0.3) is 17.7 Å². The van der Waals surface area contributed by atoms with E-state index in [9.17, 15) is 33.1 Å². The van der Waals surface area contributed by atoms with Crippen molar-refractivity contribution in [3.05, 3.63) is 105 Å². The number of rotatable bonds is 7. The zero-order valence-corrected chi connectivity index (χ0v) is 23.3. The van der Waals surface area contributed by atoms with Crippen molar-refractivity contribution in [2.24, 2.45) is 0 Å². The topological polar surface area (TPSA) is 107 Å². The molecular formula is C29H25Cl2F2N3O5. The van der Waals surface area contributed by atoms with Crippen LogP contribution in [0.4, 0.5) is 8.78 Å². The van der Waals surface area contributed by atoms with Gasteiger partial charge in [-0.15, -0.1) is 0 Å². The summed E-state index contributed by atoms with van der Waals surface area (Å²) in [6.45, 7) is 1.88. The summed E-state index contributed by atoms with van der Waals surface area (Å²) in [5.74, 6) is -5.88. The van der Waals surface area contributed by atoms with Crippen molar-refractivity contribution >= 4 is 46.9 Å². The Balaban J connectivity index is 1.74. The number of aryl methyl sites for hydroxylation is 1. The minimum absolute atomic E-state index is 0.00904. The van der Waals surface area contributed by atoms with Crippen LogP contribution < -0.4 is 5.32 Å². The summed E-state index contributed by atoms with van der Waals surface area (Å²) in [4.78, 5) is 55.0. The van der Waals surface area contributed by atoms with Gasteiger partial charge in [0.05, 0.1) is 22.5 Å². The predicted octanol–water partition coefficient (Wildman–Crippen LogP) is 5.23. The first-order chi connectivity index (χ1) is 19.5. The number of carbonyl (C=O) groups is 4. The molecule has 41 heavy (non-hydrogen) atoms. The van der Waals surface area contributed by atoms with Gasteiger partial charge in [-0.25, -0.2) is 8.78 Å². The molecule has 1 saturated heterocycles. The number of carboxylic acid groups (broad SMARTS) is 1. The molecule has 0 aromatic heterocycles. The summed E-state index contributed by atoms with van der Waals surface area (Å²) >= 11 is 12.1. The number of amides is 3. The third-order valence-corrected chi connectivity index (χ3v) is 7.36. The number of hydrogen-bond donors (Lipinski definition) is 2. The van der Waals surface area contributed by atoms with Crippen LogP contribution in [0.1, 0.15) is 50.7 Å². The Hall–Kier alpha value is -4.02. The number of nitrogens with one attached hydrogen (secondary N) is 1. The molecular weight excluding hydrogens is 579 g/mol. The van der Waals surface area contributed by atoms with Gasteiger partial charge in [-0.05, 0) is 55.3 Å². The maximum atomic E-state index is 14.0. The Bertz CT molecular complexity index is 1450. The van der Waals surface area contributed by atoms with Crippen molar-refractivity contribution < 1.29 is 33.1 Å². The predicted molar refractivity (Wildman–Crippen MR) is 148 cm³/mol. The number of aliphatic carboxylic acids is 1. The molecule has 8 nitrogen and oxygen atoms in total. The highest BCUT2D eigenvalue weighted by atomic mass is 35.5. The van der Waals surface area contributed by atoms with Gasteiger partial charge in [0.15, 0.2) is 17.8 Å². The lowest BCUT2D eigenvalue weighted by atomic mass is 10.0. The number of halogens is 4. The van der Waals surface area contributed by atoms with Gasteiger partial charge >= 0.3 is 5.97 Å². The van der Waals surface area contributed by atoms with Gasteiger partial charge in [-0.2, -0.15) is 0 Å². The molecule has 1 heterocycles. The zero-order chi connectivity index (χ0) is 29.8. The summed E-state index contributed by atoms with van der Waals surface area (Å²) in [5.41, 5.74) is 1.21. The molecule has 1 aliphatic heterocycles. The standard InChI is InChI=1S/C29H25Cl2F2N3O5/c1-16-4-2-5-17(12-16)24(15-25(37)38)34-26(39)27-35(28(40)18-6-8-20(30)21(31)13-18)10-3-11-36(27)29(41)19-7-9-22(32)23(33)14-19/h2,4-9,12-14,24,27H,3,10-11,15H2,1H3,(H,34,39)(H,37,38). The van der Waals surface area contributed by atoms with E-state index < -0.39 is 54.0 Å². The van der Waals surface area contributed by atoms with E-state index in [1.54, 1.807) is 18.2 Å². The molecule has 3 amide bonds. The average molecular weight is 604 g/mol. The second kappa shape index (κ2) is 12.7. The lowest BCUT2D eigenvalue weighted by Crippen LogP contribution is -2.63. The van der Waals surface area contributed by atoms with Crippen LogP contribution in [0.2, 0.25) is 10.0 Å². The van der Waals surface area contributed by atoms with E-state index in [-0.39, 0.29) is 40.7 Å². The molecule has 0 radical (unpaired) electrons. The van der Waals surface area contributed by atoms with E-state index in [0.717, 1.165) is 27.5 Å². The second-order valence-corrected chi connectivity index (χ2v) is 10.4. The highest BCUT2D eigenvalue weighted by Gasteiger charge is 2.42. The molecule has 4 rings (SSSR count). The highest BCUT2D eigenvalue weighted by molar-refractivity contribution is 6.42. The quantitative estimate of drug-likeness (QED) is 0.385. The molecule has 1 fully saturated rings. The van der Waals surface area contributed by atoms with E-state index in [1.807, 2.05) is 13.0 Å². The zero-order valence-electron chi connectivity index (χ0n) is 21.7. The fourth-order valence-electron chi connectivity index (χ4n) is 4.68. The minimum atomic E-state index is -1.55. The summed E-state index contributed by atoms with van der Waals surface area (Å²) in [7, 11) is 0. The van der Waals surface area contributed by atoms with Gasteiger partial charge in [0.1, 0.15) is 0 Å². The van der Waals surface area contributed by atoms with Gasteiger partial charge in [-0.3, -0.25) is 19.2 Å². The molecule has 2 N–H and O–H groups in total. The van der Waals surface area contributed by atoms with Crippen LogP contribution in [0.15, 0.2) is 60.7 Å². The van der Waals surface area contributed by atoms with Gasteiger partial charge in [0.2, 0.25) is 0 Å². The van der Waals surface area contributed by atoms with Gasteiger partial charge < -0.3 is 20.2 Å². The largest absolute Gasteiger partial charge is 0.481 e. The minimum Gasteiger partial charge on any atom is -0.481 e. The molecule has 214 valence electrons. The van der Waals surface area contributed by atoms with Crippen LogP contribution >= 0.6 is 23.2 Å². The fraction of sp³-hybridized carbons (Fsp3) is 0.241. The molecule has 0 aliphatic carbocycles. The molecule has 3 aromatic rings. The van der Waals surface area contributed by atoms with Gasteiger partial charge in [0, 0.05) is 24.2 Å². The Labute approximate surface area is 244 Å². The fourth-order valence-corrected chi connectivity index (χ4v) is 4.98. The van der Waals surface area contributed by atoms with Crippen LogP contribution in [-0.2, 0) is 9.59 Å². The smallest absolute Gasteiger partial charge is 0.305 e. The van der Waals surface area contributed by atoms with Crippen molar-refractivity contribution in [2.45, 2.75) is 32.0 Å². The number of benzene rings is 3. The molecule has 2 unspecified atom stereocenters. The van der Waals surface area contributed by atoms with E-state index in [2.05, 4.69) is 5.32 Å². The first-order valence-electron chi connectivity index (χ1n) is 12.6. The molecule has 0 saturated carbocycles. The normalized spacial score (nSPS) is 15.8. The Morgan fingerprint density at radius 1 is 0.902 bits per heavy atom.